The molecule has 0 radical (unpaired) electrons. The third-order valence-corrected chi connectivity index (χ3v) is 5.85. The molecule has 2 aliphatic rings. The second kappa shape index (κ2) is 8.32. The average molecular weight is 332 g/mol. The molecule has 4 nitrogen and oxygen atoms in total. The number of phenolic OH excluding ortho intramolecular Hbond substituents is 1. The van der Waals surface area contributed by atoms with Gasteiger partial charge in [0.05, 0.1) is 6.10 Å². The third-order valence-electron chi connectivity index (χ3n) is 5.85. The van der Waals surface area contributed by atoms with Crippen molar-refractivity contribution in [1.82, 2.24) is 10.2 Å². The zero-order valence-corrected chi connectivity index (χ0v) is 14.8. The number of phenols is 1. The molecule has 1 aromatic carbocycles. The molecule has 0 unspecified atom stereocenters. The lowest BCUT2D eigenvalue weighted by molar-refractivity contribution is 0.00655. The number of hydrogen-bond donors (Lipinski definition) is 3. The predicted molar refractivity (Wildman–Crippen MR) is 97.1 cm³/mol. The van der Waals surface area contributed by atoms with Crippen LogP contribution in [0.5, 0.6) is 5.75 Å². The molecule has 1 saturated carbocycles. The van der Waals surface area contributed by atoms with Gasteiger partial charge in [0.1, 0.15) is 5.75 Å². The van der Waals surface area contributed by atoms with Gasteiger partial charge in [0.15, 0.2) is 0 Å². The van der Waals surface area contributed by atoms with Crippen LogP contribution in [0.1, 0.15) is 63.5 Å². The summed E-state index contributed by atoms with van der Waals surface area (Å²) in [4.78, 5) is 2.50. The quantitative estimate of drug-likeness (QED) is 0.775. The van der Waals surface area contributed by atoms with E-state index in [-0.39, 0.29) is 12.1 Å². The molecule has 2 fully saturated rings. The molecule has 1 aromatic rings. The van der Waals surface area contributed by atoms with Gasteiger partial charge in [0.25, 0.3) is 0 Å². The molecule has 1 saturated heterocycles. The largest absolute Gasteiger partial charge is 0.508 e. The van der Waals surface area contributed by atoms with Crippen molar-refractivity contribution in [3.05, 3.63) is 29.8 Å². The van der Waals surface area contributed by atoms with Gasteiger partial charge in [-0.15, -0.1) is 0 Å². The lowest BCUT2D eigenvalue weighted by Crippen LogP contribution is -2.51. The lowest BCUT2D eigenvalue weighted by atomic mass is 9.89. The Morgan fingerprint density at radius 2 is 1.83 bits per heavy atom. The highest BCUT2D eigenvalue weighted by Gasteiger charge is 2.32. The number of nitrogens with one attached hydrogen (secondary N) is 1. The second-order valence-electron chi connectivity index (χ2n) is 7.42. The van der Waals surface area contributed by atoms with Crippen molar-refractivity contribution in [2.45, 2.75) is 76.1 Å². The fourth-order valence-corrected chi connectivity index (χ4v) is 4.41. The first-order valence-corrected chi connectivity index (χ1v) is 9.65. The summed E-state index contributed by atoms with van der Waals surface area (Å²) in [7, 11) is 0. The Labute approximate surface area is 145 Å². The molecule has 0 aromatic heterocycles. The number of aliphatic hydroxyl groups excluding tert-OH is 1. The summed E-state index contributed by atoms with van der Waals surface area (Å²) in [5, 5.41) is 24.1. The van der Waals surface area contributed by atoms with Crippen molar-refractivity contribution in [1.29, 1.82) is 0 Å². The number of hydrogen-bond acceptors (Lipinski definition) is 4. The molecular weight excluding hydrogens is 300 g/mol. The molecule has 0 amide bonds. The van der Waals surface area contributed by atoms with Gasteiger partial charge in [-0.25, -0.2) is 0 Å². The summed E-state index contributed by atoms with van der Waals surface area (Å²) in [5.74, 6) is 0.389. The van der Waals surface area contributed by atoms with E-state index < -0.39 is 0 Å². The van der Waals surface area contributed by atoms with E-state index in [0.717, 1.165) is 50.8 Å². The molecule has 3 atom stereocenters. The van der Waals surface area contributed by atoms with Gasteiger partial charge in [-0.1, -0.05) is 38.0 Å². The summed E-state index contributed by atoms with van der Waals surface area (Å²) in [6, 6.07) is 8.73. The van der Waals surface area contributed by atoms with Crippen LogP contribution in [0.2, 0.25) is 0 Å². The van der Waals surface area contributed by atoms with E-state index in [1.165, 1.54) is 12.8 Å². The second-order valence-corrected chi connectivity index (χ2v) is 7.42. The number of aliphatic hydroxyl groups is 1. The zero-order chi connectivity index (χ0) is 16.9. The Balaban J connectivity index is 1.53. The van der Waals surface area contributed by atoms with Gasteiger partial charge in [-0.2, -0.15) is 0 Å². The standard InChI is InChI=1S/C20H32N2O2/c1-2-17(16-7-3-5-9-19(16)23)21-15-11-13-22(14-12-15)18-8-4-6-10-20(18)24/h3,5,7,9,15,17-18,20-21,23-24H,2,4,6,8,10-14H2,1H3/t17-,18+,20+/m1/s1. The molecule has 0 bridgehead atoms. The first-order valence-electron chi connectivity index (χ1n) is 9.65. The van der Waals surface area contributed by atoms with Gasteiger partial charge < -0.3 is 15.5 Å². The van der Waals surface area contributed by atoms with Crippen LogP contribution in [0.15, 0.2) is 24.3 Å². The van der Waals surface area contributed by atoms with Gasteiger partial charge in [-0.05, 0) is 38.2 Å². The Hall–Kier alpha value is -1.10. The number of benzene rings is 1. The number of likely N-dealkylation sites (tertiary alicyclic amines) is 1. The number of nitrogens with zero attached hydrogens (tertiary/aromatic N) is 1. The van der Waals surface area contributed by atoms with Crippen LogP contribution in [0.25, 0.3) is 0 Å². The summed E-state index contributed by atoms with van der Waals surface area (Å²) >= 11 is 0. The number of piperidine rings is 1. The van der Waals surface area contributed by atoms with Crippen LogP contribution >= 0.6 is 0 Å². The minimum absolute atomic E-state index is 0.132. The highest BCUT2D eigenvalue weighted by atomic mass is 16.3. The molecule has 3 N–H and O–H groups in total. The molecule has 24 heavy (non-hydrogen) atoms. The normalized spacial score (nSPS) is 27.9. The SMILES string of the molecule is CC[C@@H](NC1CCN([C@H]2CCCC[C@@H]2O)CC1)c1ccccc1O. The van der Waals surface area contributed by atoms with E-state index in [9.17, 15) is 10.2 Å². The maximum atomic E-state index is 10.3. The lowest BCUT2D eigenvalue weighted by Gasteiger charge is -2.42. The zero-order valence-electron chi connectivity index (χ0n) is 14.8. The van der Waals surface area contributed by atoms with Crippen LogP contribution < -0.4 is 5.32 Å². The summed E-state index contributed by atoms with van der Waals surface area (Å²) < 4.78 is 0. The molecule has 1 heterocycles. The molecule has 4 heteroatoms. The molecular formula is C20H32N2O2. The minimum Gasteiger partial charge on any atom is -0.508 e. The van der Waals surface area contributed by atoms with Crippen molar-refractivity contribution in [2.75, 3.05) is 13.1 Å². The summed E-state index contributed by atoms with van der Waals surface area (Å²) in [6.07, 6.45) is 7.62. The first kappa shape index (κ1) is 17.7. The van der Waals surface area contributed by atoms with Crippen LogP contribution in [-0.2, 0) is 0 Å². The van der Waals surface area contributed by atoms with Crippen molar-refractivity contribution >= 4 is 0 Å². The Bertz CT molecular complexity index is 514. The maximum absolute atomic E-state index is 10.3. The Morgan fingerprint density at radius 1 is 1.12 bits per heavy atom. The van der Waals surface area contributed by atoms with Crippen molar-refractivity contribution in [3.63, 3.8) is 0 Å². The molecule has 134 valence electrons. The Kier molecular flexibility index (Phi) is 6.14. The first-order chi connectivity index (χ1) is 11.7. The minimum atomic E-state index is -0.132. The van der Waals surface area contributed by atoms with Crippen LogP contribution in [0.4, 0.5) is 0 Å². The number of para-hydroxylation sites is 1. The highest BCUT2D eigenvalue weighted by molar-refractivity contribution is 5.34. The summed E-state index contributed by atoms with van der Waals surface area (Å²) in [5.41, 5.74) is 1.00. The average Bonchev–Trinajstić information content (AvgIpc) is 2.61. The van der Waals surface area contributed by atoms with Crippen LogP contribution in [-0.4, -0.2) is 46.4 Å². The third kappa shape index (κ3) is 4.11. The molecule has 0 spiro atoms. The smallest absolute Gasteiger partial charge is 0.120 e. The van der Waals surface area contributed by atoms with Gasteiger partial charge >= 0.3 is 0 Å². The van der Waals surface area contributed by atoms with E-state index in [1.807, 2.05) is 18.2 Å². The molecule has 1 aliphatic heterocycles. The predicted octanol–water partition coefficient (Wildman–Crippen LogP) is 3.20. The van der Waals surface area contributed by atoms with Crippen LogP contribution in [0, 0.1) is 0 Å². The molecule has 3 rings (SSSR count). The fourth-order valence-electron chi connectivity index (χ4n) is 4.41. The van der Waals surface area contributed by atoms with E-state index in [1.54, 1.807) is 6.07 Å². The van der Waals surface area contributed by atoms with Crippen molar-refractivity contribution in [2.24, 2.45) is 0 Å². The topological polar surface area (TPSA) is 55.7 Å². The van der Waals surface area contributed by atoms with Gasteiger partial charge in [0, 0.05) is 36.8 Å². The van der Waals surface area contributed by atoms with Crippen molar-refractivity contribution in [3.8, 4) is 5.75 Å². The van der Waals surface area contributed by atoms with E-state index in [4.69, 9.17) is 0 Å². The Morgan fingerprint density at radius 3 is 2.50 bits per heavy atom. The summed E-state index contributed by atoms with van der Waals surface area (Å²) in [6.45, 7) is 4.30. The van der Waals surface area contributed by atoms with Gasteiger partial charge in [0.2, 0.25) is 0 Å². The van der Waals surface area contributed by atoms with E-state index in [0.29, 0.717) is 17.8 Å². The monoisotopic (exact) mass is 332 g/mol. The van der Waals surface area contributed by atoms with E-state index in [2.05, 4.69) is 17.1 Å². The van der Waals surface area contributed by atoms with Crippen molar-refractivity contribution < 1.29 is 10.2 Å². The number of rotatable bonds is 5. The van der Waals surface area contributed by atoms with Crippen LogP contribution in [0.3, 0.4) is 0 Å². The van der Waals surface area contributed by atoms with E-state index >= 15 is 0 Å². The van der Waals surface area contributed by atoms with Gasteiger partial charge in [-0.3, -0.25) is 4.90 Å². The maximum Gasteiger partial charge on any atom is 0.120 e. The highest BCUT2D eigenvalue weighted by Crippen LogP contribution is 2.29. The number of aromatic hydroxyl groups is 1. The molecule has 1 aliphatic carbocycles. The fraction of sp³-hybridized carbons (Fsp3) is 0.700.